The molecule has 2 aromatic carbocycles. The number of carbonyl (C=O) groups is 3. The first-order chi connectivity index (χ1) is 16.8. The molecule has 2 aliphatic rings. The van der Waals surface area contributed by atoms with E-state index in [0.717, 1.165) is 10.6 Å². The normalized spacial score (nSPS) is 16.5. The molecule has 0 saturated carbocycles. The van der Waals surface area contributed by atoms with Crippen LogP contribution in [0.5, 0.6) is 0 Å². The lowest BCUT2D eigenvalue weighted by atomic mass is 10.1. The van der Waals surface area contributed by atoms with E-state index in [2.05, 4.69) is 5.32 Å². The summed E-state index contributed by atoms with van der Waals surface area (Å²) in [6, 6.07) is 12.6. The van der Waals surface area contributed by atoms with Crippen LogP contribution in [-0.4, -0.2) is 80.4 Å². The van der Waals surface area contributed by atoms with Crippen molar-refractivity contribution in [1.82, 2.24) is 14.5 Å². The number of hydrogen-bond acceptors (Lipinski definition) is 6. The van der Waals surface area contributed by atoms with Crippen LogP contribution in [0, 0.1) is 5.82 Å². The van der Waals surface area contributed by atoms with Gasteiger partial charge in [-0.05, 0) is 42.8 Å². The van der Waals surface area contributed by atoms with E-state index < -0.39 is 21.8 Å². The second kappa shape index (κ2) is 10.5. The lowest BCUT2D eigenvalue weighted by Gasteiger charge is -2.35. The van der Waals surface area contributed by atoms with Gasteiger partial charge in [-0.15, -0.1) is 0 Å². The summed E-state index contributed by atoms with van der Waals surface area (Å²) in [5.41, 5.74) is 1.52. The van der Waals surface area contributed by atoms with Crippen LogP contribution in [-0.2, 0) is 14.8 Å². The lowest BCUT2D eigenvalue weighted by Crippen LogP contribution is -2.49. The lowest BCUT2D eigenvalue weighted by molar-refractivity contribution is -0.121. The minimum absolute atomic E-state index is 0.0329. The number of halogens is 1. The van der Waals surface area contributed by atoms with Gasteiger partial charge in [0.15, 0.2) is 0 Å². The second-order valence-corrected chi connectivity index (χ2v) is 10.5. The fraction of sp³-hybridized carbons (Fsp3) is 0.375. The second-order valence-electron chi connectivity index (χ2n) is 8.44. The molecule has 0 atom stereocenters. The molecule has 0 aromatic heterocycles. The minimum Gasteiger partial charge on any atom is -0.369 e. The molecular weight excluding hydrogens is 475 g/mol. The molecule has 1 fully saturated rings. The van der Waals surface area contributed by atoms with Crippen LogP contribution in [0.3, 0.4) is 0 Å². The van der Waals surface area contributed by atoms with E-state index in [1.165, 1.54) is 16.4 Å². The molecule has 1 N–H and O–H groups in total. The SMILES string of the molecule is O=C(CCN1C(=O)c2ccccc2C1=O)NCCCS(=O)(=O)N1CCN(c2ccc(F)cc2)CC1. The monoisotopic (exact) mass is 502 g/mol. The fourth-order valence-corrected chi connectivity index (χ4v) is 5.72. The quantitative estimate of drug-likeness (QED) is 0.411. The highest BCUT2D eigenvalue weighted by Crippen LogP contribution is 2.22. The van der Waals surface area contributed by atoms with Crippen LogP contribution >= 0.6 is 0 Å². The number of rotatable bonds is 9. The Morgan fingerprint density at radius 1 is 0.914 bits per heavy atom. The summed E-state index contributed by atoms with van der Waals surface area (Å²) in [7, 11) is -3.47. The van der Waals surface area contributed by atoms with Crippen LogP contribution in [0.25, 0.3) is 0 Å². The van der Waals surface area contributed by atoms with Crippen molar-refractivity contribution >= 4 is 33.4 Å². The molecule has 1 saturated heterocycles. The number of amides is 3. The van der Waals surface area contributed by atoms with E-state index in [0.29, 0.717) is 37.3 Å². The Morgan fingerprint density at radius 3 is 2.11 bits per heavy atom. The van der Waals surface area contributed by atoms with Gasteiger partial charge in [-0.1, -0.05) is 12.1 Å². The number of fused-ring (bicyclic) bond motifs is 1. The molecule has 11 heteroatoms. The van der Waals surface area contributed by atoms with E-state index >= 15 is 0 Å². The molecule has 2 aromatic rings. The van der Waals surface area contributed by atoms with E-state index in [1.807, 2.05) is 4.90 Å². The Morgan fingerprint density at radius 2 is 1.51 bits per heavy atom. The van der Waals surface area contributed by atoms with Crippen LogP contribution in [0.1, 0.15) is 33.6 Å². The van der Waals surface area contributed by atoms with E-state index in [9.17, 15) is 27.2 Å². The topological polar surface area (TPSA) is 107 Å². The van der Waals surface area contributed by atoms with E-state index in [1.54, 1.807) is 36.4 Å². The average molecular weight is 503 g/mol. The summed E-state index contributed by atoms with van der Waals surface area (Å²) < 4.78 is 39.9. The highest BCUT2D eigenvalue weighted by molar-refractivity contribution is 7.89. The first-order valence-corrected chi connectivity index (χ1v) is 13.1. The van der Waals surface area contributed by atoms with E-state index in [4.69, 9.17) is 0 Å². The summed E-state index contributed by atoms with van der Waals surface area (Å²) in [4.78, 5) is 39.9. The van der Waals surface area contributed by atoms with Crippen molar-refractivity contribution in [3.63, 3.8) is 0 Å². The zero-order valence-corrected chi connectivity index (χ0v) is 20.0. The van der Waals surface area contributed by atoms with Gasteiger partial charge in [0.2, 0.25) is 15.9 Å². The Hall–Kier alpha value is -3.31. The highest BCUT2D eigenvalue weighted by atomic mass is 32.2. The standard InChI is InChI=1S/C24H27FN4O5S/c25-18-6-8-19(9-7-18)27-13-15-28(16-14-27)35(33,34)17-3-11-26-22(30)10-12-29-23(31)20-4-1-2-5-21(20)24(29)32/h1-2,4-9H,3,10-17H2,(H,26,30). The number of nitrogens with zero attached hydrogens (tertiary/aromatic N) is 3. The van der Waals surface area contributed by atoms with Crippen molar-refractivity contribution in [3.05, 3.63) is 65.5 Å². The third kappa shape index (κ3) is 5.68. The summed E-state index contributed by atoms with van der Waals surface area (Å²) in [6.07, 6.45) is 0.197. The molecule has 0 aliphatic carbocycles. The molecule has 2 aliphatic heterocycles. The summed E-state index contributed by atoms with van der Waals surface area (Å²) in [6.45, 7) is 1.85. The van der Waals surface area contributed by atoms with Gasteiger partial charge in [-0.25, -0.2) is 12.8 Å². The molecule has 9 nitrogen and oxygen atoms in total. The maximum Gasteiger partial charge on any atom is 0.261 e. The predicted molar refractivity (Wildman–Crippen MR) is 128 cm³/mol. The van der Waals surface area contributed by atoms with Crippen LogP contribution in [0.2, 0.25) is 0 Å². The number of carbonyl (C=O) groups excluding carboxylic acids is 3. The largest absolute Gasteiger partial charge is 0.369 e. The Labute approximate surface area is 203 Å². The van der Waals surface area contributed by atoms with E-state index in [-0.39, 0.29) is 43.4 Å². The molecule has 186 valence electrons. The van der Waals surface area contributed by atoms with Gasteiger partial charge in [0.1, 0.15) is 5.82 Å². The number of hydrogen-bond donors (Lipinski definition) is 1. The number of piperazine rings is 1. The zero-order chi connectivity index (χ0) is 25.0. The van der Waals surface area contributed by atoms with Gasteiger partial charge in [0.05, 0.1) is 16.9 Å². The number of anilines is 1. The van der Waals surface area contributed by atoms with Crippen molar-refractivity contribution < 1.29 is 27.2 Å². The third-order valence-electron chi connectivity index (χ3n) is 6.17. The molecule has 35 heavy (non-hydrogen) atoms. The van der Waals surface area contributed by atoms with Gasteiger partial charge < -0.3 is 10.2 Å². The van der Waals surface area contributed by atoms with Crippen molar-refractivity contribution in [1.29, 1.82) is 0 Å². The highest BCUT2D eigenvalue weighted by Gasteiger charge is 2.35. The van der Waals surface area contributed by atoms with Gasteiger partial charge in [-0.2, -0.15) is 4.31 Å². The summed E-state index contributed by atoms with van der Waals surface area (Å²) >= 11 is 0. The van der Waals surface area contributed by atoms with Crippen molar-refractivity contribution in [2.24, 2.45) is 0 Å². The molecule has 0 radical (unpaired) electrons. The maximum absolute atomic E-state index is 13.1. The number of sulfonamides is 1. The molecular formula is C24H27FN4O5S. The number of benzene rings is 2. The fourth-order valence-electron chi connectivity index (χ4n) is 4.23. The predicted octanol–water partition coefficient (Wildman–Crippen LogP) is 1.47. The molecule has 2 heterocycles. The summed E-state index contributed by atoms with van der Waals surface area (Å²) in [5, 5.41) is 2.66. The van der Waals surface area contributed by atoms with Gasteiger partial charge in [-0.3, -0.25) is 19.3 Å². The van der Waals surface area contributed by atoms with Gasteiger partial charge >= 0.3 is 0 Å². The van der Waals surface area contributed by atoms with Crippen LogP contribution in [0.15, 0.2) is 48.5 Å². The number of imide groups is 1. The Kier molecular flexibility index (Phi) is 7.46. The molecule has 0 unspecified atom stereocenters. The average Bonchev–Trinajstić information content (AvgIpc) is 3.10. The van der Waals surface area contributed by atoms with Crippen molar-refractivity contribution in [3.8, 4) is 0 Å². The Balaban J connectivity index is 1.16. The third-order valence-corrected chi connectivity index (χ3v) is 8.12. The Bertz CT molecular complexity index is 1180. The molecule has 0 spiro atoms. The molecule has 3 amide bonds. The van der Waals surface area contributed by atoms with Crippen LogP contribution < -0.4 is 10.2 Å². The molecule has 0 bridgehead atoms. The van der Waals surface area contributed by atoms with Gasteiger partial charge in [0, 0.05) is 51.4 Å². The maximum atomic E-state index is 13.1. The molecule has 4 rings (SSSR count). The zero-order valence-electron chi connectivity index (χ0n) is 19.2. The summed E-state index contributed by atoms with van der Waals surface area (Å²) in [5.74, 6) is -1.59. The minimum atomic E-state index is -3.47. The smallest absolute Gasteiger partial charge is 0.261 e. The first-order valence-electron chi connectivity index (χ1n) is 11.5. The van der Waals surface area contributed by atoms with Crippen molar-refractivity contribution in [2.75, 3.05) is 49.9 Å². The van der Waals surface area contributed by atoms with Crippen LogP contribution in [0.4, 0.5) is 10.1 Å². The van der Waals surface area contributed by atoms with Crippen molar-refractivity contribution in [2.45, 2.75) is 12.8 Å². The first kappa shape index (κ1) is 24.8. The number of nitrogens with one attached hydrogen (secondary N) is 1. The van der Waals surface area contributed by atoms with Gasteiger partial charge in [0.25, 0.3) is 11.8 Å².